The number of hydrogen-bond donors (Lipinski definition) is 1. The molecule has 0 radical (unpaired) electrons. The summed E-state index contributed by atoms with van der Waals surface area (Å²) in [5, 5.41) is 13.4. The summed E-state index contributed by atoms with van der Waals surface area (Å²) in [6, 6.07) is 25.0. The Morgan fingerprint density at radius 3 is 2.52 bits per heavy atom. The Hall–Kier alpha value is -3.43. The SMILES string of the molecule is COc1ccc(-c2nnc(SCC(=O)NN=Cc3ccccc3Br)n2-c2ccccc2)cc1. The van der Waals surface area contributed by atoms with Crippen molar-refractivity contribution in [3.63, 3.8) is 0 Å². The van der Waals surface area contributed by atoms with E-state index in [1.807, 2.05) is 83.4 Å². The Morgan fingerprint density at radius 2 is 1.79 bits per heavy atom. The molecule has 0 fully saturated rings. The second kappa shape index (κ2) is 10.9. The van der Waals surface area contributed by atoms with Gasteiger partial charge in [-0.3, -0.25) is 9.36 Å². The van der Waals surface area contributed by atoms with E-state index in [1.165, 1.54) is 11.8 Å². The van der Waals surface area contributed by atoms with Crippen molar-refractivity contribution in [3.8, 4) is 22.8 Å². The molecule has 9 heteroatoms. The van der Waals surface area contributed by atoms with E-state index in [2.05, 4.69) is 36.7 Å². The van der Waals surface area contributed by atoms with Crippen molar-refractivity contribution in [2.24, 2.45) is 5.10 Å². The second-order valence-electron chi connectivity index (χ2n) is 6.81. The number of carbonyl (C=O) groups excluding carboxylic acids is 1. The summed E-state index contributed by atoms with van der Waals surface area (Å²) < 4.78 is 8.09. The highest BCUT2D eigenvalue weighted by molar-refractivity contribution is 9.10. The zero-order chi connectivity index (χ0) is 23.0. The monoisotopic (exact) mass is 521 g/mol. The minimum Gasteiger partial charge on any atom is -0.497 e. The molecule has 1 N–H and O–H groups in total. The number of rotatable bonds is 8. The number of nitrogens with one attached hydrogen (secondary N) is 1. The molecular weight excluding hydrogens is 502 g/mol. The van der Waals surface area contributed by atoms with E-state index < -0.39 is 0 Å². The zero-order valence-electron chi connectivity index (χ0n) is 17.7. The summed E-state index contributed by atoms with van der Waals surface area (Å²) in [6.07, 6.45) is 1.60. The number of aromatic nitrogens is 3. The van der Waals surface area contributed by atoms with E-state index in [1.54, 1.807) is 13.3 Å². The predicted molar refractivity (Wildman–Crippen MR) is 134 cm³/mol. The van der Waals surface area contributed by atoms with Crippen LogP contribution in [-0.2, 0) is 4.79 Å². The van der Waals surface area contributed by atoms with E-state index in [-0.39, 0.29) is 11.7 Å². The molecule has 0 aliphatic carbocycles. The third-order valence-corrected chi connectivity index (χ3v) is 6.28. The number of halogens is 1. The van der Waals surface area contributed by atoms with E-state index in [4.69, 9.17) is 4.74 Å². The number of thioether (sulfide) groups is 1. The molecule has 0 aliphatic heterocycles. The molecule has 0 aliphatic rings. The van der Waals surface area contributed by atoms with E-state index in [9.17, 15) is 4.79 Å². The van der Waals surface area contributed by atoms with Gasteiger partial charge in [0.05, 0.1) is 19.1 Å². The number of ether oxygens (including phenoxy) is 1. The molecule has 4 aromatic rings. The molecule has 0 unspecified atom stereocenters. The molecule has 4 rings (SSSR count). The van der Waals surface area contributed by atoms with Gasteiger partial charge in [-0.25, -0.2) is 5.43 Å². The first-order valence-corrected chi connectivity index (χ1v) is 11.8. The maximum atomic E-state index is 12.4. The molecule has 0 atom stereocenters. The molecule has 166 valence electrons. The number of hydrogen-bond acceptors (Lipinski definition) is 6. The normalized spacial score (nSPS) is 11.0. The van der Waals surface area contributed by atoms with Crippen LogP contribution in [0.4, 0.5) is 0 Å². The number of hydrazone groups is 1. The van der Waals surface area contributed by atoms with Crippen molar-refractivity contribution >= 4 is 39.8 Å². The first kappa shape index (κ1) is 22.8. The lowest BCUT2D eigenvalue weighted by Gasteiger charge is -2.10. The Bertz CT molecular complexity index is 1260. The van der Waals surface area contributed by atoms with Gasteiger partial charge in [0.2, 0.25) is 0 Å². The molecule has 0 spiro atoms. The lowest BCUT2D eigenvalue weighted by atomic mass is 10.2. The van der Waals surface area contributed by atoms with Crippen LogP contribution in [-0.4, -0.2) is 39.7 Å². The van der Waals surface area contributed by atoms with Gasteiger partial charge in [0.15, 0.2) is 11.0 Å². The number of benzene rings is 3. The summed E-state index contributed by atoms with van der Waals surface area (Å²) in [7, 11) is 1.63. The molecule has 1 aromatic heterocycles. The highest BCUT2D eigenvalue weighted by atomic mass is 79.9. The highest BCUT2D eigenvalue weighted by Gasteiger charge is 2.17. The van der Waals surface area contributed by atoms with Gasteiger partial charge in [0.1, 0.15) is 5.75 Å². The smallest absolute Gasteiger partial charge is 0.250 e. The van der Waals surface area contributed by atoms with Gasteiger partial charge in [-0.05, 0) is 42.5 Å². The largest absolute Gasteiger partial charge is 0.497 e. The van der Waals surface area contributed by atoms with Gasteiger partial charge in [0.25, 0.3) is 5.91 Å². The lowest BCUT2D eigenvalue weighted by Crippen LogP contribution is -2.20. The van der Waals surface area contributed by atoms with Crippen molar-refractivity contribution in [2.75, 3.05) is 12.9 Å². The molecule has 0 saturated carbocycles. The fourth-order valence-corrected chi connectivity index (χ4v) is 4.15. The second-order valence-corrected chi connectivity index (χ2v) is 8.61. The third kappa shape index (κ3) is 5.68. The van der Waals surface area contributed by atoms with Gasteiger partial charge in [0, 0.05) is 21.3 Å². The Balaban J connectivity index is 1.51. The van der Waals surface area contributed by atoms with Crippen LogP contribution >= 0.6 is 27.7 Å². The minimum atomic E-state index is -0.239. The molecular formula is C24H20BrN5O2S. The first-order valence-electron chi connectivity index (χ1n) is 10.00. The fourth-order valence-electron chi connectivity index (χ4n) is 3.02. The lowest BCUT2D eigenvalue weighted by molar-refractivity contribution is -0.118. The summed E-state index contributed by atoms with van der Waals surface area (Å²) in [5.74, 6) is 1.34. The van der Waals surface area contributed by atoms with Crippen LogP contribution in [0.3, 0.4) is 0 Å². The highest BCUT2D eigenvalue weighted by Crippen LogP contribution is 2.28. The maximum Gasteiger partial charge on any atom is 0.250 e. The van der Waals surface area contributed by atoms with E-state index >= 15 is 0 Å². The summed E-state index contributed by atoms with van der Waals surface area (Å²) in [4.78, 5) is 12.4. The van der Waals surface area contributed by atoms with Crippen LogP contribution < -0.4 is 10.2 Å². The molecule has 0 saturated heterocycles. The van der Waals surface area contributed by atoms with Gasteiger partial charge < -0.3 is 4.74 Å². The quantitative estimate of drug-likeness (QED) is 0.201. The number of carbonyl (C=O) groups is 1. The average molecular weight is 522 g/mol. The van der Waals surface area contributed by atoms with Gasteiger partial charge in [-0.1, -0.05) is 64.1 Å². The van der Waals surface area contributed by atoms with Crippen LogP contribution in [0.25, 0.3) is 17.1 Å². The predicted octanol–water partition coefficient (Wildman–Crippen LogP) is 4.95. The van der Waals surface area contributed by atoms with Crippen LogP contribution in [0.15, 0.2) is 93.6 Å². The molecule has 33 heavy (non-hydrogen) atoms. The van der Waals surface area contributed by atoms with Crippen molar-refractivity contribution < 1.29 is 9.53 Å². The van der Waals surface area contributed by atoms with Crippen LogP contribution in [0, 0.1) is 0 Å². The Labute approximate surface area is 204 Å². The minimum absolute atomic E-state index is 0.140. The maximum absolute atomic E-state index is 12.4. The van der Waals surface area contributed by atoms with Gasteiger partial charge in [-0.2, -0.15) is 5.10 Å². The zero-order valence-corrected chi connectivity index (χ0v) is 20.1. The Morgan fingerprint density at radius 1 is 1.06 bits per heavy atom. The van der Waals surface area contributed by atoms with Gasteiger partial charge in [-0.15, -0.1) is 10.2 Å². The molecule has 7 nitrogen and oxygen atoms in total. The van der Waals surface area contributed by atoms with Crippen LogP contribution in [0.2, 0.25) is 0 Å². The van der Waals surface area contributed by atoms with Crippen molar-refractivity contribution in [1.82, 2.24) is 20.2 Å². The van der Waals surface area contributed by atoms with Crippen LogP contribution in [0.5, 0.6) is 5.75 Å². The topological polar surface area (TPSA) is 81.4 Å². The van der Waals surface area contributed by atoms with Gasteiger partial charge >= 0.3 is 0 Å². The number of para-hydroxylation sites is 1. The summed E-state index contributed by atoms with van der Waals surface area (Å²) >= 11 is 4.74. The molecule has 3 aromatic carbocycles. The summed E-state index contributed by atoms with van der Waals surface area (Å²) in [5.41, 5.74) is 5.23. The third-order valence-electron chi connectivity index (χ3n) is 4.63. The molecule has 0 bridgehead atoms. The number of nitrogens with zero attached hydrogens (tertiary/aromatic N) is 4. The fraction of sp³-hybridized carbons (Fsp3) is 0.0833. The van der Waals surface area contributed by atoms with Crippen molar-refractivity contribution in [3.05, 3.63) is 88.9 Å². The summed E-state index contributed by atoms with van der Waals surface area (Å²) in [6.45, 7) is 0. The first-order chi connectivity index (χ1) is 16.2. The number of methoxy groups -OCH3 is 1. The van der Waals surface area contributed by atoms with Crippen molar-refractivity contribution in [2.45, 2.75) is 5.16 Å². The van der Waals surface area contributed by atoms with Crippen LogP contribution in [0.1, 0.15) is 5.56 Å². The molecule has 1 amide bonds. The van der Waals surface area contributed by atoms with Crippen molar-refractivity contribution in [1.29, 1.82) is 0 Å². The number of amides is 1. The molecule has 1 heterocycles. The average Bonchev–Trinajstić information content (AvgIpc) is 3.28. The van der Waals surface area contributed by atoms with E-state index in [0.29, 0.717) is 11.0 Å². The Kier molecular flexibility index (Phi) is 7.54. The van der Waals surface area contributed by atoms with E-state index in [0.717, 1.165) is 27.0 Å². The standard InChI is InChI=1S/C24H20BrN5O2S/c1-32-20-13-11-17(12-14-20)23-28-29-24(30(23)19-8-3-2-4-9-19)33-16-22(31)27-26-15-18-7-5-6-10-21(18)25/h2-15H,16H2,1H3,(H,27,31).